The van der Waals surface area contributed by atoms with Gasteiger partial charge in [-0.05, 0) is 44.9 Å². The van der Waals surface area contributed by atoms with Gasteiger partial charge in [0.2, 0.25) is 0 Å². The molecule has 0 saturated carbocycles. The molecule has 2 heterocycles. The number of piperidine rings is 1. The summed E-state index contributed by atoms with van der Waals surface area (Å²) in [6.45, 7) is 5.28. The van der Waals surface area contributed by atoms with E-state index in [1.165, 1.54) is 9.88 Å². The quantitative estimate of drug-likeness (QED) is 0.732. The van der Waals surface area contributed by atoms with Crippen molar-refractivity contribution in [3.05, 3.63) is 44.3 Å². The summed E-state index contributed by atoms with van der Waals surface area (Å²) in [7, 11) is 0. The Bertz CT molecular complexity index is 757. The van der Waals surface area contributed by atoms with Gasteiger partial charge in [0.1, 0.15) is 5.75 Å². The van der Waals surface area contributed by atoms with Gasteiger partial charge in [-0.15, -0.1) is 11.3 Å². The van der Waals surface area contributed by atoms with E-state index < -0.39 is 6.10 Å². The molecule has 1 aromatic heterocycles. The van der Waals surface area contributed by atoms with Crippen LogP contribution in [0.1, 0.15) is 35.6 Å². The zero-order chi connectivity index (χ0) is 18.0. The molecular formula is C18H20Cl2N2O2S. The van der Waals surface area contributed by atoms with Crippen LogP contribution in [0.25, 0.3) is 0 Å². The normalized spacial score (nSPS) is 16.7. The third kappa shape index (κ3) is 4.46. The van der Waals surface area contributed by atoms with Crippen LogP contribution < -0.4 is 4.74 Å². The number of hydrogen-bond donors (Lipinski definition) is 0. The molecule has 1 aliphatic heterocycles. The van der Waals surface area contributed by atoms with Gasteiger partial charge in [0.05, 0.1) is 10.0 Å². The Kier molecular flexibility index (Phi) is 5.87. The van der Waals surface area contributed by atoms with Crippen LogP contribution in [0.5, 0.6) is 5.75 Å². The minimum atomic E-state index is -0.586. The molecule has 0 spiro atoms. The molecule has 1 amide bonds. The minimum Gasteiger partial charge on any atom is -0.479 e. The lowest BCUT2D eigenvalue weighted by Crippen LogP contribution is -2.44. The number of thiazole rings is 1. The average molecular weight is 399 g/mol. The highest BCUT2D eigenvalue weighted by Gasteiger charge is 2.29. The fraction of sp³-hybridized carbons (Fsp3) is 0.444. The Morgan fingerprint density at radius 3 is 2.68 bits per heavy atom. The Morgan fingerprint density at radius 2 is 2.08 bits per heavy atom. The molecular weight excluding hydrogens is 379 g/mol. The van der Waals surface area contributed by atoms with E-state index in [2.05, 4.69) is 11.9 Å². The van der Waals surface area contributed by atoms with Crippen molar-refractivity contribution in [2.75, 3.05) is 13.1 Å². The number of nitrogens with zero attached hydrogens (tertiary/aromatic N) is 2. The molecule has 1 aliphatic rings. The second-order valence-electron chi connectivity index (χ2n) is 6.24. The van der Waals surface area contributed by atoms with Crippen LogP contribution in [0, 0.1) is 6.92 Å². The number of benzene rings is 1. The number of aromatic nitrogens is 1. The third-order valence-corrected chi connectivity index (χ3v) is 5.95. The van der Waals surface area contributed by atoms with E-state index >= 15 is 0 Å². The van der Waals surface area contributed by atoms with E-state index in [1.807, 2.05) is 11.1 Å². The summed E-state index contributed by atoms with van der Waals surface area (Å²) < 4.78 is 5.74. The SMILES string of the molecule is Cc1cnc(C2CCN(C(=O)[C@H](C)Oc3ccc(Cl)cc3Cl)CC2)s1. The van der Waals surface area contributed by atoms with Gasteiger partial charge >= 0.3 is 0 Å². The molecule has 134 valence electrons. The van der Waals surface area contributed by atoms with E-state index in [0.29, 0.717) is 21.7 Å². The molecule has 0 aliphatic carbocycles. The maximum Gasteiger partial charge on any atom is 0.263 e. The summed E-state index contributed by atoms with van der Waals surface area (Å²) >= 11 is 13.7. The molecule has 7 heteroatoms. The van der Waals surface area contributed by atoms with Crippen LogP contribution in [-0.4, -0.2) is 35.0 Å². The average Bonchev–Trinajstić information content (AvgIpc) is 3.03. The Balaban J connectivity index is 1.56. The van der Waals surface area contributed by atoms with Crippen LogP contribution >= 0.6 is 34.5 Å². The van der Waals surface area contributed by atoms with E-state index in [-0.39, 0.29) is 5.91 Å². The fourth-order valence-corrected chi connectivity index (χ4v) is 4.37. The van der Waals surface area contributed by atoms with E-state index in [4.69, 9.17) is 27.9 Å². The first kappa shape index (κ1) is 18.5. The van der Waals surface area contributed by atoms with Crippen LogP contribution in [-0.2, 0) is 4.79 Å². The number of halogens is 2. The van der Waals surface area contributed by atoms with Gasteiger partial charge in [-0.25, -0.2) is 4.98 Å². The molecule has 0 radical (unpaired) electrons. The van der Waals surface area contributed by atoms with Gasteiger partial charge in [0.15, 0.2) is 6.10 Å². The maximum atomic E-state index is 12.6. The van der Waals surface area contributed by atoms with Gasteiger partial charge in [0, 0.05) is 35.1 Å². The van der Waals surface area contributed by atoms with E-state index in [9.17, 15) is 4.79 Å². The zero-order valence-electron chi connectivity index (χ0n) is 14.2. The largest absolute Gasteiger partial charge is 0.479 e. The van der Waals surface area contributed by atoms with Crippen molar-refractivity contribution in [3.8, 4) is 5.75 Å². The van der Waals surface area contributed by atoms with Crippen molar-refractivity contribution >= 4 is 40.4 Å². The summed E-state index contributed by atoms with van der Waals surface area (Å²) in [4.78, 5) is 20.2. The number of amides is 1. The Hall–Kier alpha value is -1.30. The third-order valence-electron chi connectivity index (χ3n) is 4.34. The van der Waals surface area contributed by atoms with Gasteiger partial charge in [-0.2, -0.15) is 0 Å². The van der Waals surface area contributed by atoms with Crippen molar-refractivity contribution in [1.29, 1.82) is 0 Å². The number of rotatable bonds is 4. The first-order valence-corrected chi connectivity index (χ1v) is 9.84. The lowest BCUT2D eigenvalue weighted by Gasteiger charge is -2.32. The second-order valence-corrected chi connectivity index (χ2v) is 8.35. The summed E-state index contributed by atoms with van der Waals surface area (Å²) in [6, 6.07) is 4.99. The molecule has 1 atom stereocenters. The predicted octanol–water partition coefficient (Wildman–Crippen LogP) is 4.93. The van der Waals surface area contributed by atoms with Crippen molar-refractivity contribution < 1.29 is 9.53 Å². The fourth-order valence-electron chi connectivity index (χ4n) is 2.98. The van der Waals surface area contributed by atoms with Crippen molar-refractivity contribution in [1.82, 2.24) is 9.88 Å². The van der Waals surface area contributed by atoms with Gasteiger partial charge in [0.25, 0.3) is 5.91 Å². The number of carbonyl (C=O) groups is 1. The number of carbonyl (C=O) groups excluding carboxylic acids is 1. The highest BCUT2D eigenvalue weighted by atomic mass is 35.5. The van der Waals surface area contributed by atoms with Crippen molar-refractivity contribution in [2.24, 2.45) is 0 Å². The molecule has 3 rings (SSSR count). The molecule has 4 nitrogen and oxygen atoms in total. The van der Waals surface area contributed by atoms with Crippen LogP contribution in [0.15, 0.2) is 24.4 Å². The minimum absolute atomic E-state index is 0.0141. The van der Waals surface area contributed by atoms with Gasteiger partial charge < -0.3 is 9.64 Å². The topological polar surface area (TPSA) is 42.4 Å². The van der Waals surface area contributed by atoms with Crippen LogP contribution in [0.3, 0.4) is 0 Å². The number of aryl methyl sites for hydroxylation is 1. The van der Waals surface area contributed by atoms with E-state index in [1.54, 1.807) is 36.5 Å². The molecule has 0 unspecified atom stereocenters. The second kappa shape index (κ2) is 7.94. The predicted molar refractivity (Wildman–Crippen MR) is 102 cm³/mol. The first-order chi connectivity index (χ1) is 11.9. The maximum absolute atomic E-state index is 12.6. The highest BCUT2D eigenvalue weighted by molar-refractivity contribution is 7.11. The molecule has 0 bridgehead atoms. The lowest BCUT2D eigenvalue weighted by molar-refractivity contribution is -0.139. The standard InChI is InChI=1S/C18H20Cl2N2O2S/c1-11-10-21-17(25-11)13-5-7-22(8-6-13)18(23)12(2)24-16-4-3-14(19)9-15(16)20/h3-4,9-10,12-13H,5-8H2,1-2H3/t12-/m0/s1. The van der Waals surface area contributed by atoms with E-state index in [0.717, 1.165) is 25.9 Å². The Labute approximate surface area is 161 Å². The summed E-state index contributed by atoms with van der Waals surface area (Å²) in [5.41, 5.74) is 0. The monoisotopic (exact) mass is 398 g/mol. The van der Waals surface area contributed by atoms with Crippen LogP contribution in [0.2, 0.25) is 10.0 Å². The summed E-state index contributed by atoms with van der Waals surface area (Å²) in [5.74, 6) is 0.907. The molecule has 1 aromatic carbocycles. The molecule has 2 aromatic rings. The first-order valence-electron chi connectivity index (χ1n) is 8.27. The molecule has 1 fully saturated rings. The smallest absolute Gasteiger partial charge is 0.263 e. The highest BCUT2D eigenvalue weighted by Crippen LogP contribution is 2.32. The summed E-state index contributed by atoms with van der Waals surface area (Å²) in [5, 5.41) is 2.13. The number of hydrogen-bond acceptors (Lipinski definition) is 4. The Morgan fingerprint density at radius 1 is 1.36 bits per heavy atom. The van der Waals surface area contributed by atoms with Crippen LogP contribution in [0.4, 0.5) is 0 Å². The number of ether oxygens (including phenoxy) is 1. The van der Waals surface area contributed by atoms with Gasteiger partial charge in [-0.1, -0.05) is 23.2 Å². The zero-order valence-corrected chi connectivity index (χ0v) is 16.5. The molecule has 25 heavy (non-hydrogen) atoms. The number of likely N-dealkylation sites (tertiary alicyclic amines) is 1. The molecule has 1 saturated heterocycles. The lowest BCUT2D eigenvalue weighted by atomic mass is 9.97. The molecule has 0 N–H and O–H groups in total. The summed E-state index contributed by atoms with van der Waals surface area (Å²) in [6.07, 6.45) is 3.21. The van der Waals surface area contributed by atoms with Gasteiger partial charge in [-0.3, -0.25) is 4.79 Å². The van der Waals surface area contributed by atoms with Crippen molar-refractivity contribution in [3.63, 3.8) is 0 Å². The van der Waals surface area contributed by atoms with Crippen molar-refractivity contribution in [2.45, 2.75) is 38.7 Å².